The fraction of sp³-hybridized carbons (Fsp3) is 0.533. The van der Waals surface area contributed by atoms with Gasteiger partial charge in [-0.3, -0.25) is 4.79 Å². The fourth-order valence-electron chi connectivity index (χ4n) is 2.96. The van der Waals surface area contributed by atoms with Crippen LogP contribution in [-0.2, 0) is 4.79 Å². The zero-order valence-electron chi connectivity index (χ0n) is 11.6. The third-order valence-corrected chi connectivity index (χ3v) is 4.25. The summed E-state index contributed by atoms with van der Waals surface area (Å²) in [7, 11) is 0. The summed E-state index contributed by atoms with van der Waals surface area (Å²) in [5.74, 6) is 0.197. The number of hydrogen-bond acceptors (Lipinski definition) is 4. The summed E-state index contributed by atoms with van der Waals surface area (Å²) in [6.07, 6.45) is 2.62. The van der Waals surface area contributed by atoms with Crippen molar-refractivity contribution in [3.05, 3.63) is 35.9 Å². The highest BCUT2D eigenvalue weighted by Gasteiger charge is 2.33. The Morgan fingerprint density at radius 1 is 1.15 bits per heavy atom. The summed E-state index contributed by atoms with van der Waals surface area (Å²) in [4.78, 5) is 14.4. The number of nitrogens with zero attached hydrogens (tertiary/aromatic N) is 1. The Balaban J connectivity index is 1.58. The largest absolute Gasteiger partial charge is 0.341 e. The molecule has 2 heterocycles. The van der Waals surface area contributed by atoms with E-state index >= 15 is 0 Å². The van der Waals surface area contributed by atoms with E-state index in [2.05, 4.69) is 23.0 Å². The lowest BCUT2D eigenvalue weighted by molar-refractivity contribution is -0.134. The van der Waals surface area contributed by atoms with Crippen LogP contribution in [0.15, 0.2) is 30.3 Å². The number of carbonyl (C=O) groups is 1. The van der Waals surface area contributed by atoms with Gasteiger partial charge in [-0.2, -0.15) is 0 Å². The van der Waals surface area contributed by atoms with Gasteiger partial charge in [0.05, 0.1) is 0 Å². The van der Waals surface area contributed by atoms with Crippen LogP contribution in [-0.4, -0.2) is 36.0 Å². The maximum Gasteiger partial charge on any atom is 0.241 e. The van der Waals surface area contributed by atoms with E-state index in [4.69, 9.17) is 5.73 Å². The second-order valence-corrected chi connectivity index (χ2v) is 5.70. The highest BCUT2D eigenvalue weighted by Crippen LogP contribution is 2.23. The predicted octanol–water partition coefficient (Wildman–Crippen LogP) is 0.544. The van der Waals surface area contributed by atoms with Crippen molar-refractivity contribution in [2.75, 3.05) is 13.1 Å². The van der Waals surface area contributed by atoms with E-state index in [1.807, 2.05) is 23.1 Å². The Morgan fingerprint density at radius 3 is 2.55 bits per heavy atom. The maximum absolute atomic E-state index is 12.5. The molecule has 0 spiro atoms. The molecule has 1 amide bonds. The molecule has 4 N–H and O–H groups in total. The molecule has 2 unspecified atom stereocenters. The lowest BCUT2D eigenvalue weighted by Gasteiger charge is -2.31. The van der Waals surface area contributed by atoms with Gasteiger partial charge in [0, 0.05) is 25.2 Å². The molecule has 108 valence electrons. The number of benzene rings is 1. The van der Waals surface area contributed by atoms with Crippen molar-refractivity contribution >= 4 is 5.91 Å². The summed E-state index contributed by atoms with van der Waals surface area (Å²) in [5, 5.41) is 0. The van der Waals surface area contributed by atoms with E-state index in [1.54, 1.807) is 0 Å². The first-order valence-corrected chi connectivity index (χ1v) is 7.34. The molecule has 2 fully saturated rings. The Kier molecular flexibility index (Phi) is 4.00. The molecule has 0 bridgehead atoms. The van der Waals surface area contributed by atoms with Crippen LogP contribution in [0.25, 0.3) is 0 Å². The Hall–Kier alpha value is -1.43. The molecule has 0 radical (unpaired) electrons. The number of amides is 1. The van der Waals surface area contributed by atoms with E-state index in [0.717, 1.165) is 32.4 Å². The number of piperidine rings is 1. The van der Waals surface area contributed by atoms with Gasteiger partial charge in [-0.25, -0.2) is 10.9 Å². The zero-order valence-corrected chi connectivity index (χ0v) is 11.6. The monoisotopic (exact) mass is 274 g/mol. The number of hydrazine groups is 1. The van der Waals surface area contributed by atoms with Crippen molar-refractivity contribution in [3.8, 4) is 0 Å². The number of hydrogen-bond donors (Lipinski definition) is 3. The van der Waals surface area contributed by atoms with Crippen LogP contribution in [0.2, 0.25) is 0 Å². The van der Waals surface area contributed by atoms with E-state index < -0.39 is 0 Å². The lowest BCUT2D eigenvalue weighted by atomic mass is 10.0. The third kappa shape index (κ3) is 2.85. The molecule has 2 saturated heterocycles. The van der Waals surface area contributed by atoms with Crippen molar-refractivity contribution < 1.29 is 4.79 Å². The van der Waals surface area contributed by atoms with Gasteiger partial charge in [0.25, 0.3) is 0 Å². The highest BCUT2D eigenvalue weighted by molar-refractivity contribution is 5.82. The molecule has 0 saturated carbocycles. The van der Waals surface area contributed by atoms with Gasteiger partial charge in [0.1, 0.15) is 6.04 Å². The van der Waals surface area contributed by atoms with Crippen molar-refractivity contribution in [1.82, 2.24) is 15.8 Å². The van der Waals surface area contributed by atoms with Gasteiger partial charge in [0.15, 0.2) is 0 Å². The number of nitrogens with two attached hydrogens (primary N) is 1. The van der Waals surface area contributed by atoms with Gasteiger partial charge < -0.3 is 10.6 Å². The standard InChI is InChI=1S/C15H22N4O/c16-12-6-8-19(9-7-12)15(20)14-10-13(17-18-14)11-4-2-1-3-5-11/h1-5,12-14,17-18H,6-10,16H2. The second kappa shape index (κ2) is 5.91. The minimum absolute atomic E-state index is 0.130. The molecule has 1 aromatic rings. The number of likely N-dealkylation sites (tertiary alicyclic amines) is 1. The minimum Gasteiger partial charge on any atom is -0.341 e. The average Bonchev–Trinajstić information content (AvgIpc) is 2.98. The Bertz CT molecular complexity index is 456. The first-order chi connectivity index (χ1) is 9.74. The number of rotatable bonds is 2. The van der Waals surface area contributed by atoms with Crippen LogP contribution in [0.1, 0.15) is 30.9 Å². The fourth-order valence-corrected chi connectivity index (χ4v) is 2.96. The summed E-state index contributed by atoms with van der Waals surface area (Å²) < 4.78 is 0. The second-order valence-electron chi connectivity index (χ2n) is 5.70. The quantitative estimate of drug-likeness (QED) is 0.736. The lowest BCUT2D eigenvalue weighted by Crippen LogP contribution is -2.50. The van der Waals surface area contributed by atoms with Crippen LogP contribution in [0.3, 0.4) is 0 Å². The molecular formula is C15H22N4O. The predicted molar refractivity (Wildman–Crippen MR) is 77.6 cm³/mol. The molecule has 2 atom stereocenters. The molecule has 2 aliphatic heterocycles. The van der Waals surface area contributed by atoms with Gasteiger partial charge in [-0.15, -0.1) is 0 Å². The van der Waals surface area contributed by atoms with Crippen LogP contribution < -0.4 is 16.6 Å². The minimum atomic E-state index is -0.130. The molecule has 5 nitrogen and oxygen atoms in total. The van der Waals surface area contributed by atoms with Crippen LogP contribution in [0.4, 0.5) is 0 Å². The number of carbonyl (C=O) groups excluding carboxylic acids is 1. The van der Waals surface area contributed by atoms with Crippen molar-refractivity contribution in [1.29, 1.82) is 0 Å². The van der Waals surface area contributed by atoms with Crippen LogP contribution >= 0.6 is 0 Å². The zero-order chi connectivity index (χ0) is 13.9. The normalized spacial score (nSPS) is 27.8. The number of nitrogens with one attached hydrogen (secondary N) is 2. The van der Waals surface area contributed by atoms with Gasteiger partial charge in [-0.1, -0.05) is 30.3 Å². The van der Waals surface area contributed by atoms with E-state index in [1.165, 1.54) is 5.56 Å². The average molecular weight is 274 g/mol. The smallest absolute Gasteiger partial charge is 0.241 e. The van der Waals surface area contributed by atoms with Crippen LogP contribution in [0.5, 0.6) is 0 Å². The molecule has 2 aliphatic rings. The van der Waals surface area contributed by atoms with Crippen molar-refractivity contribution in [2.24, 2.45) is 5.73 Å². The highest BCUT2D eigenvalue weighted by atomic mass is 16.2. The van der Waals surface area contributed by atoms with E-state index in [0.29, 0.717) is 0 Å². The topological polar surface area (TPSA) is 70.4 Å². The summed E-state index contributed by atoms with van der Waals surface area (Å²) >= 11 is 0. The maximum atomic E-state index is 12.5. The first kappa shape index (κ1) is 13.5. The van der Waals surface area contributed by atoms with Gasteiger partial charge in [0.2, 0.25) is 5.91 Å². The SMILES string of the molecule is NC1CCN(C(=O)C2CC(c3ccccc3)NN2)CC1. The molecule has 5 heteroatoms. The van der Waals surface area contributed by atoms with Crippen molar-refractivity contribution in [2.45, 2.75) is 37.4 Å². The first-order valence-electron chi connectivity index (χ1n) is 7.34. The molecular weight excluding hydrogens is 252 g/mol. The Morgan fingerprint density at radius 2 is 1.85 bits per heavy atom. The van der Waals surface area contributed by atoms with E-state index in [9.17, 15) is 4.79 Å². The van der Waals surface area contributed by atoms with Gasteiger partial charge in [-0.05, 0) is 24.8 Å². The molecule has 3 rings (SSSR count). The summed E-state index contributed by atoms with van der Waals surface area (Å²) in [5.41, 5.74) is 13.5. The third-order valence-electron chi connectivity index (χ3n) is 4.25. The van der Waals surface area contributed by atoms with Crippen molar-refractivity contribution in [3.63, 3.8) is 0 Å². The molecule has 0 aromatic heterocycles. The molecule has 20 heavy (non-hydrogen) atoms. The molecule has 0 aliphatic carbocycles. The molecule has 1 aromatic carbocycles. The van der Waals surface area contributed by atoms with Gasteiger partial charge >= 0.3 is 0 Å². The Labute approximate surface area is 119 Å². The van der Waals surface area contributed by atoms with E-state index in [-0.39, 0.29) is 24.0 Å². The summed E-state index contributed by atoms with van der Waals surface area (Å²) in [6.45, 7) is 1.57. The summed E-state index contributed by atoms with van der Waals surface area (Å²) in [6, 6.07) is 10.6. The van der Waals surface area contributed by atoms with Crippen LogP contribution in [0, 0.1) is 0 Å².